The molecule has 1 aromatic carbocycles. The van der Waals surface area contributed by atoms with Gasteiger partial charge in [-0.3, -0.25) is 4.79 Å². The molecule has 1 rings (SSSR count). The number of sulfonamides is 1. The van der Waals surface area contributed by atoms with Crippen molar-refractivity contribution in [2.24, 2.45) is 5.14 Å². The molecule has 20 heavy (non-hydrogen) atoms. The molecule has 0 radical (unpaired) electrons. The summed E-state index contributed by atoms with van der Waals surface area (Å²) in [5.41, 5.74) is 0.929. The van der Waals surface area contributed by atoms with Crippen molar-refractivity contribution in [3.63, 3.8) is 0 Å². The predicted molar refractivity (Wildman–Crippen MR) is 74.6 cm³/mol. The fraction of sp³-hybridized carbons (Fsp3) is 0.308. The van der Waals surface area contributed by atoms with Crippen LogP contribution in [0.1, 0.15) is 11.1 Å². The summed E-state index contributed by atoms with van der Waals surface area (Å²) < 4.78 is 28.1. The normalized spacial score (nSPS) is 10.7. The number of hydrogen-bond acceptors (Lipinski definition) is 4. The van der Waals surface area contributed by atoms with E-state index in [9.17, 15) is 13.2 Å². The Hall–Kier alpha value is -2.04. The molecule has 1 amide bonds. The van der Waals surface area contributed by atoms with E-state index in [-0.39, 0.29) is 24.0 Å². The monoisotopic (exact) mass is 296 g/mol. The van der Waals surface area contributed by atoms with Gasteiger partial charge in [-0.15, -0.1) is 6.42 Å². The molecule has 108 valence electrons. The zero-order valence-corrected chi connectivity index (χ0v) is 12.1. The smallest absolute Gasteiger partial charge is 0.258 e. The van der Waals surface area contributed by atoms with Crippen molar-refractivity contribution in [2.75, 3.05) is 13.2 Å². The summed E-state index contributed by atoms with van der Waals surface area (Å²) >= 11 is 0. The van der Waals surface area contributed by atoms with Gasteiger partial charge in [0.15, 0.2) is 6.61 Å². The van der Waals surface area contributed by atoms with Crippen molar-refractivity contribution >= 4 is 15.9 Å². The van der Waals surface area contributed by atoms with Crippen LogP contribution in [0.25, 0.3) is 0 Å². The molecular weight excluding hydrogens is 280 g/mol. The van der Waals surface area contributed by atoms with Gasteiger partial charge < -0.3 is 10.1 Å². The number of ether oxygens (including phenoxy) is 1. The van der Waals surface area contributed by atoms with E-state index in [1.54, 1.807) is 13.8 Å². The maximum absolute atomic E-state index is 11.4. The van der Waals surface area contributed by atoms with E-state index in [1.807, 2.05) is 0 Å². The summed E-state index contributed by atoms with van der Waals surface area (Å²) in [7, 11) is -3.78. The molecule has 0 saturated carbocycles. The van der Waals surface area contributed by atoms with Crippen LogP contribution in [-0.2, 0) is 14.8 Å². The van der Waals surface area contributed by atoms with Crippen LogP contribution in [-0.4, -0.2) is 27.5 Å². The number of amides is 1. The average Bonchev–Trinajstić information content (AvgIpc) is 2.31. The Morgan fingerprint density at radius 3 is 2.40 bits per heavy atom. The molecule has 3 N–H and O–H groups in total. The summed E-state index contributed by atoms with van der Waals surface area (Å²) in [6.45, 7) is 3.15. The molecule has 0 spiro atoms. The minimum Gasteiger partial charge on any atom is -0.484 e. The third-order valence-electron chi connectivity index (χ3n) is 2.48. The van der Waals surface area contributed by atoms with Crippen molar-refractivity contribution in [3.05, 3.63) is 23.3 Å². The van der Waals surface area contributed by atoms with E-state index in [4.69, 9.17) is 16.3 Å². The summed E-state index contributed by atoms with van der Waals surface area (Å²) in [5.74, 6) is 2.31. The van der Waals surface area contributed by atoms with E-state index in [1.165, 1.54) is 12.1 Å². The van der Waals surface area contributed by atoms with Gasteiger partial charge in [0.2, 0.25) is 10.0 Å². The van der Waals surface area contributed by atoms with E-state index in [2.05, 4.69) is 11.2 Å². The molecule has 1 aromatic rings. The molecule has 7 heteroatoms. The van der Waals surface area contributed by atoms with Crippen molar-refractivity contribution in [3.8, 4) is 18.1 Å². The quantitative estimate of drug-likeness (QED) is 0.752. The van der Waals surface area contributed by atoms with Gasteiger partial charge in [-0.2, -0.15) is 0 Å². The topological polar surface area (TPSA) is 98.5 Å². The second-order valence-corrected chi connectivity index (χ2v) is 5.70. The summed E-state index contributed by atoms with van der Waals surface area (Å²) in [4.78, 5) is 11.4. The molecule has 0 bridgehead atoms. The highest BCUT2D eigenvalue weighted by Crippen LogP contribution is 2.24. The van der Waals surface area contributed by atoms with Gasteiger partial charge in [0.1, 0.15) is 5.75 Å². The fourth-order valence-corrected chi connectivity index (χ4v) is 2.81. The predicted octanol–water partition coefficient (Wildman–Crippen LogP) is 0.0790. The Morgan fingerprint density at radius 1 is 1.40 bits per heavy atom. The average molecular weight is 296 g/mol. The van der Waals surface area contributed by atoms with Gasteiger partial charge in [0, 0.05) is 0 Å². The highest BCUT2D eigenvalue weighted by atomic mass is 32.2. The number of rotatable bonds is 5. The zero-order chi connectivity index (χ0) is 15.3. The minimum absolute atomic E-state index is 0.0710. The molecule has 0 aromatic heterocycles. The van der Waals surface area contributed by atoms with Crippen LogP contribution in [0.3, 0.4) is 0 Å². The number of primary sulfonamides is 1. The lowest BCUT2D eigenvalue weighted by Gasteiger charge is -2.11. The fourth-order valence-electron chi connectivity index (χ4n) is 1.79. The zero-order valence-electron chi connectivity index (χ0n) is 11.3. The van der Waals surface area contributed by atoms with Gasteiger partial charge in [0.05, 0.1) is 11.4 Å². The van der Waals surface area contributed by atoms with Gasteiger partial charge >= 0.3 is 0 Å². The second-order valence-electron chi connectivity index (χ2n) is 4.20. The van der Waals surface area contributed by atoms with Crippen LogP contribution in [0.4, 0.5) is 0 Å². The van der Waals surface area contributed by atoms with E-state index in [0.717, 1.165) is 0 Å². The van der Waals surface area contributed by atoms with Crippen LogP contribution in [0, 0.1) is 26.2 Å². The molecule has 0 fully saturated rings. The van der Waals surface area contributed by atoms with Crippen molar-refractivity contribution in [1.82, 2.24) is 5.32 Å². The third kappa shape index (κ3) is 4.26. The van der Waals surface area contributed by atoms with Crippen LogP contribution in [0.15, 0.2) is 17.0 Å². The molecule has 0 heterocycles. The third-order valence-corrected chi connectivity index (χ3v) is 3.69. The largest absolute Gasteiger partial charge is 0.484 e. The van der Waals surface area contributed by atoms with Crippen LogP contribution < -0.4 is 15.2 Å². The lowest BCUT2D eigenvalue weighted by Crippen LogP contribution is -2.29. The Bertz CT molecular complexity index is 636. The lowest BCUT2D eigenvalue weighted by atomic mass is 10.1. The molecule has 0 saturated heterocycles. The highest BCUT2D eigenvalue weighted by molar-refractivity contribution is 7.89. The van der Waals surface area contributed by atoms with Crippen LogP contribution >= 0.6 is 0 Å². The number of hydrogen-bond donors (Lipinski definition) is 2. The van der Waals surface area contributed by atoms with E-state index < -0.39 is 10.0 Å². The van der Waals surface area contributed by atoms with Crippen LogP contribution in [0.5, 0.6) is 5.75 Å². The van der Waals surface area contributed by atoms with Gasteiger partial charge in [-0.1, -0.05) is 5.92 Å². The summed E-state index contributed by atoms with van der Waals surface area (Å²) in [6.07, 6.45) is 5.01. The number of terminal acetylenes is 1. The Morgan fingerprint density at radius 2 is 1.95 bits per heavy atom. The summed E-state index contributed by atoms with van der Waals surface area (Å²) in [6, 6.07) is 3.03. The first-order valence-electron chi connectivity index (χ1n) is 5.72. The van der Waals surface area contributed by atoms with Crippen molar-refractivity contribution < 1.29 is 17.9 Å². The number of carbonyl (C=O) groups excluding carboxylic acids is 1. The number of nitrogens with one attached hydrogen (secondary N) is 1. The van der Waals surface area contributed by atoms with Crippen LogP contribution in [0.2, 0.25) is 0 Å². The van der Waals surface area contributed by atoms with Gasteiger partial charge in [-0.25, -0.2) is 13.6 Å². The Balaban J connectivity index is 2.86. The maximum atomic E-state index is 11.4. The first-order valence-corrected chi connectivity index (χ1v) is 7.27. The maximum Gasteiger partial charge on any atom is 0.258 e. The van der Waals surface area contributed by atoms with E-state index in [0.29, 0.717) is 16.9 Å². The summed E-state index contributed by atoms with van der Waals surface area (Å²) in [5, 5.41) is 7.59. The molecule has 0 aliphatic rings. The lowest BCUT2D eigenvalue weighted by molar-refractivity contribution is -0.122. The highest BCUT2D eigenvalue weighted by Gasteiger charge is 2.16. The number of aryl methyl sites for hydroxylation is 2. The molecular formula is C13H16N2O4S. The minimum atomic E-state index is -3.78. The number of nitrogens with two attached hydrogens (primary N) is 1. The first kappa shape index (κ1) is 16.0. The molecule has 6 nitrogen and oxygen atoms in total. The second kappa shape index (κ2) is 6.41. The van der Waals surface area contributed by atoms with Gasteiger partial charge in [0.25, 0.3) is 5.91 Å². The van der Waals surface area contributed by atoms with Crippen molar-refractivity contribution in [2.45, 2.75) is 18.7 Å². The number of carbonyl (C=O) groups is 1. The van der Waals surface area contributed by atoms with E-state index >= 15 is 0 Å². The molecule has 0 unspecified atom stereocenters. The molecule has 0 atom stereocenters. The number of benzene rings is 1. The van der Waals surface area contributed by atoms with Crippen molar-refractivity contribution in [1.29, 1.82) is 0 Å². The Kier molecular flexibility index (Phi) is 5.13. The SMILES string of the molecule is C#CCNC(=O)COc1cc(C)c(S(N)(=O)=O)c(C)c1. The Labute approximate surface area is 118 Å². The molecule has 0 aliphatic carbocycles. The standard InChI is InChI=1S/C13H16N2O4S/c1-4-5-15-12(16)8-19-11-6-9(2)13(10(3)7-11)20(14,17)18/h1,6-7H,5,8H2,2-3H3,(H,15,16)(H2,14,17,18). The van der Waals surface area contributed by atoms with Gasteiger partial charge in [-0.05, 0) is 37.1 Å². The molecule has 0 aliphatic heterocycles. The first-order chi connectivity index (χ1) is 9.25.